The molecule has 88 valence electrons. The van der Waals surface area contributed by atoms with E-state index in [2.05, 4.69) is 10.1 Å². The van der Waals surface area contributed by atoms with Gasteiger partial charge < -0.3 is 4.74 Å². The Morgan fingerprint density at radius 2 is 2.24 bits per heavy atom. The van der Waals surface area contributed by atoms with Crippen molar-refractivity contribution in [3.05, 3.63) is 48.1 Å². The molecular weight excluding hydrogens is 228 g/mol. The molecule has 1 aromatic heterocycles. The van der Waals surface area contributed by atoms with Crippen molar-refractivity contribution in [3.8, 4) is 0 Å². The fourth-order valence-corrected chi connectivity index (χ4v) is 1.85. The molecule has 17 heavy (non-hydrogen) atoms. The number of rotatable bonds is 3. The van der Waals surface area contributed by atoms with E-state index in [4.69, 9.17) is 4.74 Å². The zero-order chi connectivity index (χ0) is 11.9. The van der Waals surface area contributed by atoms with E-state index in [9.17, 15) is 8.78 Å². The molecule has 4 nitrogen and oxygen atoms in total. The van der Waals surface area contributed by atoms with Crippen LogP contribution in [-0.4, -0.2) is 21.4 Å². The third-order valence-corrected chi connectivity index (χ3v) is 2.80. The van der Waals surface area contributed by atoms with Crippen LogP contribution in [0.4, 0.5) is 8.78 Å². The molecular formula is C11H9F2N3O. The number of hydrogen-bond acceptors (Lipinski definition) is 3. The Hall–Kier alpha value is -1.82. The van der Waals surface area contributed by atoms with Gasteiger partial charge in [-0.05, 0) is 6.07 Å². The Kier molecular flexibility index (Phi) is 2.19. The summed E-state index contributed by atoms with van der Waals surface area (Å²) in [5.74, 6) is -1.19. The molecule has 0 aliphatic carbocycles. The van der Waals surface area contributed by atoms with Crippen LogP contribution in [0.5, 0.6) is 0 Å². The van der Waals surface area contributed by atoms with Crippen LogP contribution in [0.1, 0.15) is 5.56 Å². The van der Waals surface area contributed by atoms with E-state index < -0.39 is 17.2 Å². The molecule has 0 spiro atoms. The molecule has 0 saturated carbocycles. The first-order valence-corrected chi connectivity index (χ1v) is 5.11. The van der Waals surface area contributed by atoms with E-state index in [1.807, 2.05) is 0 Å². The number of hydrogen-bond donors (Lipinski definition) is 0. The van der Waals surface area contributed by atoms with Gasteiger partial charge in [0.15, 0.2) is 0 Å². The quantitative estimate of drug-likeness (QED) is 0.759. The average Bonchev–Trinajstić information content (AvgIpc) is 2.86. The summed E-state index contributed by atoms with van der Waals surface area (Å²) in [5, 5.41) is 3.94. The molecule has 1 unspecified atom stereocenters. The standard InChI is InChI=1S/C11H9F2N3O/c12-8-1-2-9(10(13)3-8)11(5-17-11)4-16-7-14-6-15-16/h1-3,6-7H,4-5H2. The molecule has 0 bridgehead atoms. The van der Waals surface area contributed by atoms with Crippen molar-refractivity contribution in [1.82, 2.24) is 14.8 Å². The Morgan fingerprint density at radius 1 is 1.41 bits per heavy atom. The van der Waals surface area contributed by atoms with Gasteiger partial charge in [-0.25, -0.2) is 18.4 Å². The van der Waals surface area contributed by atoms with Gasteiger partial charge in [-0.15, -0.1) is 0 Å². The number of ether oxygens (including phenoxy) is 1. The summed E-state index contributed by atoms with van der Waals surface area (Å²) in [6.45, 7) is 0.769. The van der Waals surface area contributed by atoms with Crippen molar-refractivity contribution in [2.24, 2.45) is 0 Å². The van der Waals surface area contributed by atoms with E-state index in [1.165, 1.54) is 24.8 Å². The van der Waals surface area contributed by atoms with Gasteiger partial charge in [-0.1, -0.05) is 6.07 Å². The van der Waals surface area contributed by atoms with Crippen LogP contribution in [0.2, 0.25) is 0 Å². The molecule has 1 aliphatic rings. The Morgan fingerprint density at radius 3 is 2.82 bits per heavy atom. The molecule has 1 fully saturated rings. The molecule has 1 aliphatic heterocycles. The van der Waals surface area contributed by atoms with Gasteiger partial charge in [0.25, 0.3) is 0 Å². The number of aromatic nitrogens is 3. The molecule has 1 saturated heterocycles. The van der Waals surface area contributed by atoms with E-state index in [-0.39, 0.29) is 0 Å². The van der Waals surface area contributed by atoms with Crippen LogP contribution < -0.4 is 0 Å². The molecule has 0 N–H and O–H groups in total. The third kappa shape index (κ3) is 1.80. The maximum Gasteiger partial charge on any atom is 0.139 e. The Labute approximate surface area is 95.8 Å². The lowest BCUT2D eigenvalue weighted by Gasteiger charge is -2.12. The second kappa shape index (κ2) is 3.59. The van der Waals surface area contributed by atoms with E-state index in [0.29, 0.717) is 18.7 Å². The highest BCUT2D eigenvalue weighted by Crippen LogP contribution is 2.41. The highest BCUT2D eigenvalue weighted by Gasteiger charge is 2.49. The fraction of sp³-hybridized carbons (Fsp3) is 0.273. The monoisotopic (exact) mass is 237 g/mol. The van der Waals surface area contributed by atoms with Crippen LogP contribution in [0.25, 0.3) is 0 Å². The minimum Gasteiger partial charge on any atom is -0.362 e. The summed E-state index contributed by atoms with van der Waals surface area (Å²) in [7, 11) is 0. The lowest BCUT2D eigenvalue weighted by atomic mass is 9.99. The summed E-state index contributed by atoms with van der Waals surface area (Å²) in [6.07, 6.45) is 2.93. The first-order chi connectivity index (χ1) is 8.20. The normalized spacial score (nSPS) is 22.7. The minimum atomic E-state index is -0.731. The lowest BCUT2D eigenvalue weighted by molar-refractivity contribution is 0.262. The first-order valence-electron chi connectivity index (χ1n) is 5.11. The van der Waals surface area contributed by atoms with E-state index in [0.717, 1.165) is 6.07 Å². The van der Waals surface area contributed by atoms with Crippen molar-refractivity contribution in [2.45, 2.75) is 12.1 Å². The SMILES string of the molecule is Fc1ccc(C2(Cn3cncn3)CO2)c(F)c1. The van der Waals surface area contributed by atoms with Gasteiger partial charge in [-0.3, -0.25) is 0 Å². The van der Waals surface area contributed by atoms with Crippen molar-refractivity contribution in [2.75, 3.05) is 6.61 Å². The van der Waals surface area contributed by atoms with Crippen LogP contribution in [0.15, 0.2) is 30.9 Å². The van der Waals surface area contributed by atoms with Crippen LogP contribution >= 0.6 is 0 Å². The van der Waals surface area contributed by atoms with E-state index in [1.54, 1.807) is 4.68 Å². The van der Waals surface area contributed by atoms with Crippen molar-refractivity contribution in [3.63, 3.8) is 0 Å². The smallest absolute Gasteiger partial charge is 0.139 e. The minimum absolute atomic E-state index is 0.356. The van der Waals surface area contributed by atoms with Gasteiger partial charge in [0, 0.05) is 11.6 Å². The molecule has 1 atom stereocenters. The molecule has 0 amide bonds. The molecule has 0 radical (unpaired) electrons. The molecule has 3 rings (SSSR count). The number of halogens is 2. The zero-order valence-electron chi connectivity index (χ0n) is 8.81. The van der Waals surface area contributed by atoms with Gasteiger partial charge in [0.05, 0.1) is 13.2 Å². The maximum absolute atomic E-state index is 13.6. The summed E-state index contributed by atoms with van der Waals surface area (Å²) in [4.78, 5) is 3.81. The highest BCUT2D eigenvalue weighted by atomic mass is 19.1. The maximum atomic E-state index is 13.6. The number of epoxide rings is 1. The Bertz CT molecular complexity index is 538. The third-order valence-electron chi connectivity index (χ3n) is 2.80. The summed E-state index contributed by atoms with van der Waals surface area (Å²) < 4.78 is 33.4. The molecule has 1 aromatic carbocycles. The highest BCUT2D eigenvalue weighted by molar-refractivity contribution is 5.28. The molecule has 2 heterocycles. The van der Waals surface area contributed by atoms with Crippen molar-refractivity contribution < 1.29 is 13.5 Å². The molecule has 6 heteroatoms. The van der Waals surface area contributed by atoms with Crippen molar-refractivity contribution in [1.29, 1.82) is 0 Å². The topological polar surface area (TPSA) is 43.2 Å². The van der Waals surface area contributed by atoms with Gasteiger partial charge in [0.2, 0.25) is 0 Å². The van der Waals surface area contributed by atoms with Crippen LogP contribution in [0, 0.1) is 11.6 Å². The average molecular weight is 237 g/mol. The first kappa shape index (κ1) is 10.3. The summed E-state index contributed by atoms with van der Waals surface area (Å²) >= 11 is 0. The predicted octanol–water partition coefficient (Wildman–Crippen LogP) is 1.48. The zero-order valence-corrected chi connectivity index (χ0v) is 8.81. The second-order valence-electron chi connectivity index (χ2n) is 4.00. The second-order valence-corrected chi connectivity index (χ2v) is 4.00. The summed E-state index contributed by atoms with van der Waals surface area (Å²) in [6, 6.07) is 3.50. The molecule has 2 aromatic rings. The fourth-order valence-electron chi connectivity index (χ4n) is 1.85. The van der Waals surface area contributed by atoms with Gasteiger partial charge in [-0.2, -0.15) is 5.10 Å². The Balaban J connectivity index is 1.92. The van der Waals surface area contributed by atoms with Crippen LogP contribution in [-0.2, 0) is 16.9 Å². The van der Waals surface area contributed by atoms with Gasteiger partial charge >= 0.3 is 0 Å². The van der Waals surface area contributed by atoms with Crippen molar-refractivity contribution >= 4 is 0 Å². The predicted molar refractivity (Wildman–Crippen MR) is 54.0 cm³/mol. The lowest BCUT2D eigenvalue weighted by Crippen LogP contribution is -2.19. The number of nitrogens with zero attached hydrogens (tertiary/aromatic N) is 3. The van der Waals surface area contributed by atoms with E-state index >= 15 is 0 Å². The number of benzene rings is 1. The largest absolute Gasteiger partial charge is 0.362 e. The summed E-state index contributed by atoms with van der Waals surface area (Å²) in [5.41, 5.74) is -0.375. The van der Waals surface area contributed by atoms with Gasteiger partial charge in [0.1, 0.15) is 29.9 Å². The van der Waals surface area contributed by atoms with Crippen LogP contribution in [0.3, 0.4) is 0 Å².